The number of nitrogens with one attached hydrogen (secondary N) is 2. The molecule has 222 valence electrons. The molecule has 0 saturated heterocycles. The maximum atomic E-state index is 13.4. The number of amides is 1. The van der Waals surface area contributed by atoms with E-state index in [0.29, 0.717) is 40.7 Å². The number of aromatic nitrogens is 1. The lowest BCUT2D eigenvalue weighted by Gasteiger charge is -2.12. The second-order valence-corrected chi connectivity index (χ2v) is 10.2. The van der Waals surface area contributed by atoms with Crippen LogP contribution < -0.4 is 29.3 Å². The average molecular weight is 591 g/mol. The number of hydrazone groups is 1. The minimum atomic E-state index is -0.566. The monoisotopic (exact) mass is 590 g/mol. The first-order chi connectivity index (χ1) is 21.4. The van der Waals surface area contributed by atoms with Gasteiger partial charge in [-0.1, -0.05) is 30.3 Å². The number of nitrogens with zero attached hydrogens (tertiary/aromatic N) is 2. The summed E-state index contributed by atoms with van der Waals surface area (Å²) in [6.45, 7) is 2.29. The zero-order chi connectivity index (χ0) is 30.6. The lowest BCUT2D eigenvalue weighted by atomic mass is 10.0. The summed E-state index contributed by atoms with van der Waals surface area (Å²) < 4.78 is 22.0. The van der Waals surface area contributed by atoms with Crippen molar-refractivity contribution in [2.45, 2.75) is 6.92 Å². The number of ether oxygens (including phenoxy) is 4. The number of H-pyrrole nitrogens is 1. The molecule has 0 unspecified atom stereocenters. The van der Waals surface area contributed by atoms with Crippen molar-refractivity contribution in [3.05, 3.63) is 102 Å². The van der Waals surface area contributed by atoms with Gasteiger partial charge in [-0.05, 0) is 72.6 Å². The van der Waals surface area contributed by atoms with E-state index in [1.165, 1.54) is 6.21 Å². The fourth-order valence-electron chi connectivity index (χ4n) is 4.89. The van der Waals surface area contributed by atoms with E-state index in [9.17, 15) is 9.59 Å². The second-order valence-electron chi connectivity index (χ2n) is 10.2. The molecule has 1 aromatic heterocycles. The molecule has 1 aliphatic rings. The zero-order valence-electron chi connectivity index (χ0n) is 24.4. The average Bonchev–Trinajstić information content (AvgIpc) is 3.67. The minimum Gasteiger partial charge on any atom is -0.490 e. The quantitative estimate of drug-likeness (QED) is 0.0935. The van der Waals surface area contributed by atoms with E-state index in [1.54, 1.807) is 36.4 Å². The Morgan fingerprint density at radius 1 is 0.955 bits per heavy atom. The van der Waals surface area contributed by atoms with Crippen LogP contribution in [0.5, 0.6) is 23.0 Å². The van der Waals surface area contributed by atoms with Crippen molar-refractivity contribution in [3.8, 4) is 34.1 Å². The van der Waals surface area contributed by atoms with Gasteiger partial charge in [0.2, 0.25) is 6.79 Å². The molecule has 0 bridgehead atoms. The summed E-state index contributed by atoms with van der Waals surface area (Å²) in [5, 5.41) is 5.13. The molecule has 10 nitrogen and oxygen atoms in total. The number of hydrogen-bond donors (Lipinski definition) is 2. The molecule has 0 atom stereocenters. The number of fused-ring (bicyclic) bond motifs is 2. The third-order valence-electron chi connectivity index (χ3n) is 7.05. The van der Waals surface area contributed by atoms with E-state index in [1.807, 2.05) is 68.4 Å². The molecule has 0 saturated carbocycles. The Hall–Kier alpha value is -5.77. The van der Waals surface area contributed by atoms with Gasteiger partial charge < -0.3 is 28.8 Å². The topological polar surface area (TPSA) is 114 Å². The molecule has 2 N–H and O–H groups in total. The first-order valence-electron chi connectivity index (χ1n) is 14.0. The van der Waals surface area contributed by atoms with Crippen LogP contribution in [0.25, 0.3) is 22.0 Å². The Labute approximate surface area is 253 Å². The Morgan fingerprint density at radius 2 is 1.77 bits per heavy atom. The largest absolute Gasteiger partial charge is 0.490 e. The van der Waals surface area contributed by atoms with Crippen LogP contribution in [0.1, 0.15) is 33.3 Å². The Bertz CT molecular complexity index is 1880. The number of esters is 1. The number of anilines is 1. The van der Waals surface area contributed by atoms with Gasteiger partial charge in [0.05, 0.1) is 18.4 Å². The van der Waals surface area contributed by atoms with Crippen LogP contribution in [0, 0.1) is 0 Å². The van der Waals surface area contributed by atoms with E-state index in [-0.39, 0.29) is 18.4 Å². The van der Waals surface area contributed by atoms with Crippen molar-refractivity contribution < 1.29 is 28.5 Å². The van der Waals surface area contributed by atoms with Gasteiger partial charge in [-0.2, -0.15) is 5.10 Å². The number of carbonyl (C=O) groups excluding carboxylic acids is 2. The van der Waals surface area contributed by atoms with Crippen LogP contribution in [-0.2, 0) is 0 Å². The van der Waals surface area contributed by atoms with E-state index in [4.69, 9.17) is 18.9 Å². The Morgan fingerprint density at radius 3 is 2.57 bits per heavy atom. The van der Waals surface area contributed by atoms with E-state index < -0.39 is 5.97 Å². The third-order valence-corrected chi connectivity index (χ3v) is 7.05. The standard InChI is InChI=1S/C34H30N4O6/c1-4-41-29-16-21(10-14-28(29)44-34(40)23-11-15-27-30(17-23)43-20-42-27)19-35-37-33(39)32-31(22-8-6-5-7-9-22)25-18-24(38(2)3)12-13-26(25)36-32/h5-19,36H,4,20H2,1-3H3,(H,37,39). The summed E-state index contributed by atoms with van der Waals surface area (Å²) in [7, 11) is 3.95. The number of rotatable bonds is 9. The molecule has 0 aliphatic carbocycles. The summed E-state index contributed by atoms with van der Waals surface area (Å²) >= 11 is 0. The molecule has 5 aromatic rings. The highest BCUT2D eigenvalue weighted by Crippen LogP contribution is 2.36. The highest BCUT2D eigenvalue weighted by molar-refractivity contribution is 6.10. The van der Waals surface area contributed by atoms with Gasteiger partial charge in [-0.3, -0.25) is 4.79 Å². The fourth-order valence-corrected chi connectivity index (χ4v) is 4.89. The highest BCUT2D eigenvalue weighted by Gasteiger charge is 2.21. The van der Waals surface area contributed by atoms with Gasteiger partial charge in [-0.15, -0.1) is 0 Å². The summed E-state index contributed by atoms with van der Waals surface area (Å²) in [5.74, 6) is 0.713. The maximum Gasteiger partial charge on any atom is 0.343 e. The lowest BCUT2D eigenvalue weighted by Crippen LogP contribution is -2.18. The van der Waals surface area contributed by atoms with Crippen LogP contribution in [0.4, 0.5) is 5.69 Å². The first-order valence-corrected chi connectivity index (χ1v) is 14.0. The predicted octanol–water partition coefficient (Wildman–Crippen LogP) is 6.01. The number of aromatic amines is 1. The minimum absolute atomic E-state index is 0.110. The van der Waals surface area contributed by atoms with Crippen LogP contribution in [0.2, 0.25) is 0 Å². The first kappa shape index (κ1) is 28.4. The summed E-state index contributed by atoms with van der Waals surface area (Å²) in [6.07, 6.45) is 1.50. The predicted molar refractivity (Wildman–Crippen MR) is 168 cm³/mol. The van der Waals surface area contributed by atoms with E-state index in [0.717, 1.165) is 27.7 Å². The highest BCUT2D eigenvalue weighted by atomic mass is 16.7. The molecule has 0 spiro atoms. The summed E-state index contributed by atoms with van der Waals surface area (Å²) in [6, 6.07) is 25.6. The van der Waals surface area contributed by atoms with Crippen molar-refractivity contribution >= 4 is 34.7 Å². The van der Waals surface area contributed by atoms with E-state index in [2.05, 4.69) is 21.6 Å². The molecule has 1 aliphatic heterocycles. The van der Waals surface area contributed by atoms with Crippen LogP contribution >= 0.6 is 0 Å². The molecule has 4 aromatic carbocycles. The fraction of sp³-hybridized carbons (Fsp3) is 0.147. The van der Waals surface area contributed by atoms with Crippen LogP contribution in [0.15, 0.2) is 90.0 Å². The Kier molecular flexibility index (Phi) is 7.88. The van der Waals surface area contributed by atoms with Crippen molar-refractivity contribution in [2.24, 2.45) is 5.10 Å². The summed E-state index contributed by atoms with van der Waals surface area (Å²) in [5.41, 5.74) is 7.56. The van der Waals surface area contributed by atoms with Gasteiger partial charge in [0.25, 0.3) is 5.91 Å². The van der Waals surface area contributed by atoms with Crippen molar-refractivity contribution in [1.82, 2.24) is 10.4 Å². The van der Waals surface area contributed by atoms with Gasteiger partial charge in [0.1, 0.15) is 5.69 Å². The van der Waals surface area contributed by atoms with Crippen LogP contribution in [-0.4, -0.2) is 50.6 Å². The number of carbonyl (C=O) groups is 2. The molecule has 10 heteroatoms. The molecular formula is C34H30N4O6. The van der Waals surface area contributed by atoms with Crippen LogP contribution in [0.3, 0.4) is 0 Å². The molecule has 6 rings (SSSR count). The molecule has 1 amide bonds. The van der Waals surface area contributed by atoms with Gasteiger partial charge in [0, 0.05) is 36.2 Å². The Balaban J connectivity index is 1.21. The SMILES string of the molecule is CCOc1cc(C=NNC(=O)c2[nH]c3ccc(N(C)C)cc3c2-c2ccccc2)ccc1OC(=O)c1ccc2c(c1)OCO2. The normalized spacial score (nSPS) is 12.0. The van der Waals surface area contributed by atoms with E-state index >= 15 is 0 Å². The van der Waals surface area contributed by atoms with Gasteiger partial charge >= 0.3 is 5.97 Å². The van der Waals surface area contributed by atoms with Crippen molar-refractivity contribution in [2.75, 3.05) is 32.4 Å². The van der Waals surface area contributed by atoms with Gasteiger partial charge in [-0.25, -0.2) is 10.2 Å². The molecular weight excluding hydrogens is 560 g/mol. The van der Waals surface area contributed by atoms with Gasteiger partial charge in [0.15, 0.2) is 23.0 Å². The number of benzene rings is 4. The lowest BCUT2D eigenvalue weighted by molar-refractivity contribution is 0.0727. The van der Waals surface area contributed by atoms with Crippen molar-refractivity contribution in [1.29, 1.82) is 0 Å². The third kappa shape index (κ3) is 5.78. The zero-order valence-corrected chi connectivity index (χ0v) is 24.4. The molecule has 0 fully saturated rings. The molecule has 2 heterocycles. The molecule has 44 heavy (non-hydrogen) atoms. The summed E-state index contributed by atoms with van der Waals surface area (Å²) in [4.78, 5) is 31.5. The van der Waals surface area contributed by atoms with Crippen molar-refractivity contribution in [3.63, 3.8) is 0 Å². The second kappa shape index (κ2) is 12.2. The molecule has 0 radical (unpaired) electrons. The maximum absolute atomic E-state index is 13.4. The number of hydrogen-bond acceptors (Lipinski definition) is 8. The smallest absolute Gasteiger partial charge is 0.343 e.